The molecular formula is C32H36N2. The second-order valence-electron chi connectivity index (χ2n) is 12.0. The molecule has 3 aromatic carbocycles. The van der Waals surface area contributed by atoms with Crippen LogP contribution in [0.25, 0.3) is 33.2 Å². The van der Waals surface area contributed by atoms with E-state index < -0.39 is 0 Å². The molecule has 5 rings (SSSR count). The molecular weight excluding hydrogens is 412 g/mol. The number of nitrogens with zero attached hydrogens (tertiary/aromatic N) is 2. The molecule has 5 aromatic rings. The van der Waals surface area contributed by atoms with Crippen molar-refractivity contribution in [2.24, 2.45) is 10.8 Å². The van der Waals surface area contributed by atoms with Crippen LogP contribution < -0.4 is 0 Å². The predicted octanol–water partition coefficient (Wildman–Crippen LogP) is 9.14. The second-order valence-corrected chi connectivity index (χ2v) is 12.0. The van der Waals surface area contributed by atoms with E-state index in [9.17, 15) is 0 Å². The van der Waals surface area contributed by atoms with Gasteiger partial charge in [0.2, 0.25) is 0 Å². The molecule has 0 aliphatic rings. The summed E-state index contributed by atoms with van der Waals surface area (Å²) in [4.78, 5) is 0. The third-order valence-corrected chi connectivity index (χ3v) is 6.94. The number of para-hydroxylation sites is 2. The molecule has 2 heteroatoms. The summed E-state index contributed by atoms with van der Waals surface area (Å²) in [5.41, 5.74) is 6.72. The van der Waals surface area contributed by atoms with Crippen molar-refractivity contribution in [3.8, 4) is 11.4 Å². The first kappa shape index (κ1) is 22.5. The van der Waals surface area contributed by atoms with Crippen LogP contribution >= 0.6 is 0 Å². The van der Waals surface area contributed by atoms with E-state index in [0.29, 0.717) is 5.92 Å². The van der Waals surface area contributed by atoms with E-state index in [1.807, 2.05) is 0 Å². The molecule has 0 saturated carbocycles. The average Bonchev–Trinajstić information content (AvgIpc) is 3.40. The molecule has 1 atom stereocenters. The highest BCUT2D eigenvalue weighted by molar-refractivity contribution is 5.83. The van der Waals surface area contributed by atoms with Crippen LogP contribution in [0.5, 0.6) is 0 Å². The Hall–Kier alpha value is -3.26. The van der Waals surface area contributed by atoms with Crippen molar-refractivity contribution >= 4 is 21.8 Å². The molecule has 0 saturated heterocycles. The fraction of sp³-hybridized carbons (Fsp3) is 0.312. The summed E-state index contributed by atoms with van der Waals surface area (Å²) in [5, 5.41) is 2.53. The molecule has 1 unspecified atom stereocenters. The standard InChI is InChI=1S/C32H36N2/c1-31(2,3)22-28(32(4,5)6)25-19-26(33-17-15-23-11-7-9-13-29(23)33)21-27(20-25)34-18-16-24-12-8-10-14-30(24)34/h7-21,28H,22H2,1-6H3. The minimum absolute atomic E-state index is 0.153. The van der Waals surface area contributed by atoms with Gasteiger partial charge in [0, 0.05) is 23.8 Å². The van der Waals surface area contributed by atoms with Gasteiger partial charge in [-0.15, -0.1) is 0 Å². The summed E-state index contributed by atoms with van der Waals surface area (Å²) in [6.07, 6.45) is 5.55. The SMILES string of the molecule is CC(C)(C)CC(c1cc(-n2ccc3ccccc32)cc(-n2ccc3ccccc32)c1)C(C)(C)C. The van der Waals surface area contributed by atoms with Gasteiger partial charge in [0.1, 0.15) is 0 Å². The van der Waals surface area contributed by atoms with Gasteiger partial charge in [-0.25, -0.2) is 0 Å². The lowest BCUT2D eigenvalue weighted by Crippen LogP contribution is -2.24. The smallest absolute Gasteiger partial charge is 0.0528 e. The van der Waals surface area contributed by atoms with Crippen molar-refractivity contribution in [2.75, 3.05) is 0 Å². The number of fused-ring (bicyclic) bond motifs is 2. The number of benzene rings is 3. The molecule has 174 valence electrons. The normalized spacial score (nSPS) is 13.6. The Morgan fingerprint density at radius 3 is 1.53 bits per heavy atom. The van der Waals surface area contributed by atoms with Crippen molar-refractivity contribution in [3.63, 3.8) is 0 Å². The number of rotatable bonds is 4. The van der Waals surface area contributed by atoms with E-state index in [1.54, 1.807) is 0 Å². The fourth-order valence-corrected chi connectivity index (χ4v) is 5.25. The first-order valence-electron chi connectivity index (χ1n) is 12.4. The number of hydrogen-bond donors (Lipinski definition) is 0. The highest BCUT2D eigenvalue weighted by Gasteiger charge is 2.31. The van der Waals surface area contributed by atoms with Crippen LogP contribution in [0.1, 0.15) is 59.4 Å². The van der Waals surface area contributed by atoms with Gasteiger partial charge >= 0.3 is 0 Å². The monoisotopic (exact) mass is 448 g/mol. The summed E-state index contributed by atoms with van der Waals surface area (Å²) in [5.74, 6) is 0.440. The zero-order valence-corrected chi connectivity index (χ0v) is 21.3. The van der Waals surface area contributed by atoms with E-state index >= 15 is 0 Å². The Labute approximate surface area is 203 Å². The summed E-state index contributed by atoms with van der Waals surface area (Å²) in [7, 11) is 0. The van der Waals surface area contributed by atoms with Crippen LogP contribution in [-0.2, 0) is 0 Å². The Morgan fingerprint density at radius 2 is 1.09 bits per heavy atom. The van der Waals surface area contributed by atoms with E-state index in [1.165, 1.54) is 38.7 Å². The molecule has 0 spiro atoms. The average molecular weight is 449 g/mol. The molecule has 0 fully saturated rings. The quantitative estimate of drug-likeness (QED) is 0.259. The topological polar surface area (TPSA) is 9.86 Å². The largest absolute Gasteiger partial charge is 0.316 e. The lowest BCUT2D eigenvalue weighted by Gasteiger charge is -2.36. The van der Waals surface area contributed by atoms with Gasteiger partial charge in [0.15, 0.2) is 0 Å². The summed E-state index contributed by atoms with van der Waals surface area (Å²) in [6.45, 7) is 14.2. The predicted molar refractivity (Wildman–Crippen MR) is 146 cm³/mol. The molecule has 2 nitrogen and oxygen atoms in total. The number of hydrogen-bond acceptors (Lipinski definition) is 0. The Balaban J connectivity index is 1.76. The van der Waals surface area contributed by atoms with Crippen molar-refractivity contribution in [1.29, 1.82) is 0 Å². The van der Waals surface area contributed by atoms with E-state index in [4.69, 9.17) is 0 Å². The summed E-state index contributed by atoms with van der Waals surface area (Å²) < 4.78 is 4.68. The first-order valence-corrected chi connectivity index (χ1v) is 12.4. The molecule has 0 aliphatic carbocycles. The molecule has 0 amide bonds. The maximum Gasteiger partial charge on any atom is 0.0528 e. The molecule has 2 aromatic heterocycles. The third kappa shape index (κ3) is 4.30. The Morgan fingerprint density at radius 1 is 0.618 bits per heavy atom. The van der Waals surface area contributed by atoms with Crippen LogP contribution in [-0.4, -0.2) is 9.13 Å². The molecule has 0 bridgehead atoms. The van der Waals surface area contributed by atoms with Crippen molar-refractivity contribution in [1.82, 2.24) is 9.13 Å². The van der Waals surface area contributed by atoms with Crippen molar-refractivity contribution in [3.05, 3.63) is 96.8 Å². The van der Waals surface area contributed by atoms with E-state index in [2.05, 4.69) is 142 Å². The lowest BCUT2D eigenvalue weighted by atomic mass is 9.69. The fourth-order valence-electron chi connectivity index (χ4n) is 5.25. The van der Waals surface area contributed by atoms with Gasteiger partial charge in [-0.05, 0) is 82.0 Å². The van der Waals surface area contributed by atoms with Gasteiger partial charge in [-0.3, -0.25) is 0 Å². The summed E-state index contributed by atoms with van der Waals surface area (Å²) >= 11 is 0. The van der Waals surface area contributed by atoms with Crippen molar-refractivity contribution < 1.29 is 0 Å². The molecule has 34 heavy (non-hydrogen) atoms. The van der Waals surface area contributed by atoms with Gasteiger partial charge < -0.3 is 9.13 Å². The highest BCUT2D eigenvalue weighted by Crippen LogP contribution is 2.44. The van der Waals surface area contributed by atoms with Gasteiger partial charge in [-0.2, -0.15) is 0 Å². The minimum atomic E-state index is 0.153. The van der Waals surface area contributed by atoms with Gasteiger partial charge in [0.25, 0.3) is 0 Å². The maximum atomic E-state index is 2.42. The zero-order valence-electron chi connectivity index (χ0n) is 21.3. The molecule has 0 radical (unpaired) electrons. The van der Waals surface area contributed by atoms with Crippen molar-refractivity contribution in [2.45, 2.75) is 53.9 Å². The summed E-state index contributed by atoms with van der Waals surface area (Å²) in [6, 6.07) is 28.9. The zero-order chi connectivity index (χ0) is 24.1. The number of aromatic nitrogens is 2. The van der Waals surface area contributed by atoms with Crippen LogP contribution in [0.3, 0.4) is 0 Å². The van der Waals surface area contributed by atoms with Gasteiger partial charge in [0.05, 0.1) is 11.0 Å². The van der Waals surface area contributed by atoms with Gasteiger partial charge in [-0.1, -0.05) is 77.9 Å². The van der Waals surface area contributed by atoms with Crippen LogP contribution in [0, 0.1) is 10.8 Å². The Bertz CT molecular complexity index is 1360. The Kier molecular flexibility index (Phi) is 5.43. The van der Waals surface area contributed by atoms with E-state index in [0.717, 1.165) is 6.42 Å². The third-order valence-electron chi connectivity index (χ3n) is 6.94. The van der Waals surface area contributed by atoms with E-state index in [-0.39, 0.29) is 10.8 Å². The first-order chi connectivity index (χ1) is 16.1. The molecule has 2 heterocycles. The molecule has 0 aliphatic heterocycles. The minimum Gasteiger partial charge on any atom is -0.316 e. The lowest BCUT2D eigenvalue weighted by molar-refractivity contribution is 0.229. The maximum absolute atomic E-state index is 2.42. The van der Waals surface area contributed by atoms with Crippen LogP contribution in [0.2, 0.25) is 0 Å². The van der Waals surface area contributed by atoms with Crippen LogP contribution in [0.4, 0.5) is 0 Å². The molecule has 0 N–H and O–H groups in total. The van der Waals surface area contributed by atoms with Crippen LogP contribution in [0.15, 0.2) is 91.3 Å². The second kappa shape index (κ2) is 8.20. The highest BCUT2D eigenvalue weighted by atomic mass is 15.0.